The van der Waals surface area contributed by atoms with Gasteiger partial charge >= 0.3 is 0 Å². The Morgan fingerprint density at radius 2 is 1.68 bits per heavy atom. The van der Waals surface area contributed by atoms with Gasteiger partial charge in [0.25, 0.3) is 0 Å². The fourth-order valence-corrected chi connectivity index (χ4v) is 3.42. The Labute approximate surface area is 131 Å². The number of benzene rings is 2. The van der Waals surface area contributed by atoms with Crippen molar-refractivity contribution in [2.24, 2.45) is 0 Å². The molecule has 0 amide bonds. The number of hydrogen-bond donors (Lipinski definition) is 1. The Bertz CT molecular complexity index is 684. The molecule has 1 atom stereocenters. The summed E-state index contributed by atoms with van der Waals surface area (Å²) in [7, 11) is -3.33. The maximum atomic E-state index is 12.9. The molecule has 0 aliphatic rings. The summed E-state index contributed by atoms with van der Waals surface area (Å²) < 4.78 is 39.4. The highest BCUT2D eigenvalue weighted by atomic mass is 32.2. The zero-order chi connectivity index (χ0) is 16.0. The third-order valence-corrected chi connectivity index (χ3v) is 4.91. The van der Waals surface area contributed by atoms with Crippen molar-refractivity contribution in [3.63, 3.8) is 0 Å². The molecule has 0 aliphatic carbocycles. The smallest absolute Gasteiger partial charge is 0.232 e. The van der Waals surface area contributed by atoms with Crippen LogP contribution in [0.1, 0.15) is 31.2 Å². The highest BCUT2D eigenvalue weighted by Crippen LogP contribution is 2.21. The molecule has 0 aliphatic heterocycles. The van der Waals surface area contributed by atoms with Crippen LogP contribution in [-0.4, -0.2) is 14.2 Å². The van der Waals surface area contributed by atoms with Gasteiger partial charge in [-0.1, -0.05) is 37.3 Å². The summed E-state index contributed by atoms with van der Waals surface area (Å²) >= 11 is 0. The molecule has 118 valence electrons. The van der Waals surface area contributed by atoms with Gasteiger partial charge in [-0.15, -0.1) is 0 Å². The van der Waals surface area contributed by atoms with Crippen molar-refractivity contribution < 1.29 is 12.8 Å². The fraction of sp³-hybridized carbons (Fsp3) is 0.294. The van der Waals surface area contributed by atoms with Gasteiger partial charge in [-0.2, -0.15) is 0 Å². The first kappa shape index (κ1) is 16.5. The van der Waals surface area contributed by atoms with Crippen molar-refractivity contribution in [1.29, 1.82) is 0 Å². The first-order valence-corrected chi connectivity index (χ1v) is 8.92. The molecule has 2 aromatic rings. The number of nitrogens with one attached hydrogen (secondary N) is 1. The van der Waals surface area contributed by atoms with Crippen LogP contribution < -0.4 is 4.72 Å². The summed E-state index contributed by atoms with van der Waals surface area (Å²) in [6, 6.07) is 15.2. The van der Waals surface area contributed by atoms with Crippen LogP contribution in [0, 0.1) is 5.82 Å². The number of hydrogen-bond acceptors (Lipinski definition) is 2. The van der Waals surface area contributed by atoms with E-state index in [0.717, 1.165) is 12.0 Å². The molecular weight excluding hydrogens is 301 g/mol. The van der Waals surface area contributed by atoms with E-state index in [1.54, 1.807) is 36.4 Å². The molecule has 0 saturated heterocycles. The lowest BCUT2D eigenvalue weighted by Crippen LogP contribution is -2.17. The molecule has 0 unspecified atom stereocenters. The van der Waals surface area contributed by atoms with Crippen LogP contribution in [-0.2, 0) is 10.0 Å². The summed E-state index contributed by atoms with van der Waals surface area (Å²) in [5.74, 6) is 0.0195. The maximum Gasteiger partial charge on any atom is 0.232 e. The second-order valence-electron chi connectivity index (χ2n) is 5.38. The molecule has 2 rings (SSSR count). The van der Waals surface area contributed by atoms with Crippen molar-refractivity contribution in [1.82, 2.24) is 0 Å². The number of sulfonamides is 1. The average molecular weight is 321 g/mol. The van der Waals surface area contributed by atoms with Crippen LogP contribution in [0.15, 0.2) is 54.6 Å². The Kier molecular flexibility index (Phi) is 5.55. The van der Waals surface area contributed by atoms with Gasteiger partial charge in [0, 0.05) is 5.69 Å². The lowest BCUT2D eigenvalue weighted by atomic mass is 9.97. The predicted molar refractivity (Wildman–Crippen MR) is 87.9 cm³/mol. The van der Waals surface area contributed by atoms with E-state index in [1.807, 2.05) is 13.0 Å². The second-order valence-corrected chi connectivity index (χ2v) is 7.22. The van der Waals surface area contributed by atoms with E-state index in [-0.39, 0.29) is 17.5 Å². The molecule has 0 spiro atoms. The predicted octanol–water partition coefficient (Wildman–Crippen LogP) is 4.15. The summed E-state index contributed by atoms with van der Waals surface area (Å²) in [6.45, 7) is 2.02. The van der Waals surface area contributed by atoms with E-state index in [0.29, 0.717) is 12.1 Å². The summed E-state index contributed by atoms with van der Waals surface area (Å²) in [6.07, 6.45) is 1.29. The summed E-state index contributed by atoms with van der Waals surface area (Å²) in [4.78, 5) is 0. The Morgan fingerprint density at radius 1 is 1.05 bits per heavy atom. The van der Waals surface area contributed by atoms with Gasteiger partial charge in [0.15, 0.2) is 0 Å². The molecule has 0 heterocycles. The minimum absolute atomic E-state index is 0.0768. The van der Waals surface area contributed by atoms with Gasteiger partial charge in [-0.25, -0.2) is 12.8 Å². The van der Waals surface area contributed by atoms with E-state index in [9.17, 15) is 12.8 Å². The largest absolute Gasteiger partial charge is 0.284 e. The minimum Gasteiger partial charge on any atom is -0.284 e. The minimum atomic E-state index is -3.33. The quantitative estimate of drug-likeness (QED) is 0.832. The number of halogens is 1. The SMILES string of the molecule is C[C@@H](CCCS(=O)(=O)Nc1ccccc1)c1ccc(F)cc1. The zero-order valence-corrected chi connectivity index (χ0v) is 13.3. The lowest BCUT2D eigenvalue weighted by molar-refractivity contribution is 0.590. The number of rotatable bonds is 7. The van der Waals surface area contributed by atoms with Crippen LogP contribution >= 0.6 is 0 Å². The van der Waals surface area contributed by atoms with E-state index in [1.165, 1.54) is 12.1 Å². The number of para-hydroxylation sites is 1. The van der Waals surface area contributed by atoms with Crippen molar-refractivity contribution in [2.45, 2.75) is 25.7 Å². The van der Waals surface area contributed by atoms with Crippen molar-refractivity contribution >= 4 is 15.7 Å². The van der Waals surface area contributed by atoms with Crippen LogP contribution in [0.5, 0.6) is 0 Å². The highest BCUT2D eigenvalue weighted by molar-refractivity contribution is 7.92. The monoisotopic (exact) mass is 321 g/mol. The van der Waals surface area contributed by atoms with Gasteiger partial charge in [-0.05, 0) is 48.6 Å². The Balaban J connectivity index is 1.83. The standard InChI is InChI=1S/C17H20FNO2S/c1-14(15-9-11-16(18)12-10-15)6-5-13-22(20,21)19-17-7-3-2-4-8-17/h2-4,7-12,14,19H,5-6,13H2,1H3/t14-/m0/s1. The summed E-state index contributed by atoms with van der Waals surface area (Å²) in [5.41, 5.74) is 1.60. The van der Waals surface area contributed by atoms with E-state index in [4.69, 9.17) is 0 Å². The van der Waals surface area contributed by atoms with Gasteiger partial charge in [0.1, 0.15) is 5.82 Å². The average Bonchev–Trinajstić information content (AvgIpc) is 2.48. The molecule has 5 heteroatoms. The zero-order valence-electron chi connectivity index (χ0n) is 12.5. The molecule has 1 N–H and O–H groups in total. The second kappa shape index (κ2) is 7.40. The van der Waals surface area contributed by atoms with Gasteiger partial charge < -0.3 is 0 Å². The third kappa shape index (κ3) is 5.15. The van der Waals surface area contributed by atoms with Crippen LogP contribution in [0.3, 0.4) is 0 Å². The normalized spacial score (nSPS) is 12.8. The number of anilines is 1. The molecule has 0 aromatic heterocycles. The van der Waals surface area contributed by atoms with Crippen molar-refractivity contribution in [3.8, 4) is 0 Å². The molecule has 22 heavy (non-hydrogen) atoms. The third-order valence-electron chi connectivity index (χ3n) is 3.54. The summed E-state index contributed by atoms with van der Waals surface area (Å²) in [5, 5.41) is 0. The molecule has 0 radical (unpaired) electrons. The van der Waals surface area contributed by atoms with Crippen molar-refractivity contribution in [2.75, 3.05) is 10.5 Å². The molecule has 0 saturated carbocycles. The Morgan fingerprint density at radius 3 is 2.32 bits per heavy atom. The molecular formula is C17H20FNO2S. The van der Waals surface area contributed by atoms with Crippen LogP contribution in [0.25, 0.3) is 0 Å². The lowest BCUT2D eigenvalue weighted by Gasteiger charge is -2.12. The Hall–Kier alpha value is -1.88. The van der Waals surface area contributed by atoms with E-state index < -0.39 is 10.0 Å². The highest BCUT2D eigenvalue weighted by Gasteiger charge is 2.12. The topological polar surface area (TPSA) is 46.2 Å². The van der Waals surface area contributed by atoms with Crippen LogP contribution in [0.2, 0.25) is 0 Å². The van der Waals surface area contributed by atoms with Gasteiger partial charge in [-0.3, -0.25) is 4.72 Å². The van der Waals surface area contributed by atoms with E-state index >= 15 is 0 Å². The molecule has 0 bridgehead atoms. The fourth-order valence-electron chi connectivity index (χ4n) is 2.27. The van der Waals surface area contributed by atoms with E-state index in [2.05, 4.69) is 4.72 Å². The van der Waals surface area contributed by atoms with Crippen LogP contribution in [0.4, 0.5) is 10.1 Å². The van der Waals surface area contributed by atoms with Crippen molar-refractivity contribution in [3.05, 3.63) is 66.0 Å². The first-order valence-electron chi connectivity index (χ1n) is 7.27. The first-order chi connectivity index (χ1) is 10.5. The van der Waals surface area contributed by atoms with Gasteiger partial charge in [0.05, 0.1) is 5.75 Å². The van der Waals surface area contributed by atoms with Gasteiger partial charge in [0.2, 0.25) is 10.0 Å². The molecule has 3 nitrogen and oxygen atoms in total. The maximum absolute atomic E-state index is 12.9. The molecule has 0 fully saturated rings. The molecule has 2 aromatic carbocycles.